The van der Waals surface area contributed by atoms with Crippen LogP contribution in [-0.4, -0.2) is 66.2 Å². The molecule has 2 atom stereocenters. The first kappa shape index (κ1) is 21.3. The van der Waals surface area contributed by atoms with E-state index in [2.05, 4.69) is 54.9 Å². The maximum absolute atomic E-state index is 12.6. The van der Waals surface area contributed by atoms with Crippen molar-refractivity contribution >= 4 is 5.91 Å². The fraction of sp³-hybridized carbons (Fsp3) is 0.696. The Labute approximate surface area is 170 Å². The van der Waals surface area contributed by atoms with Crippen molar-refractivity contribution in [1.29, 1.82) is 0 Å². The Bertz CT molecular complexity index is 628. The van der Waals surface area contributed by atoms with Gasteiger partial charge in [0.05, 0.1) is 12.2 Å². The van der Waals surface area contributed by atoms with Crippen LogP contribution in [0, 0.1) is 0 Å². The van der Waals surface area contributed by atoms with E-state index in [4.69, 9.17) is 4.74 Å². The molecule has 28 heavy (non-hydrogen) atoms. The molecule has 0 spiro atoms. The molecule has 0 aliphatic carbocycles. The van der Waals surface area contributed by atoms with Crippen LogP contribution >= 0.6 is 0 Å². The van der Waals surface area contributed by atoms with Gasteiger partial charge in [-0.15, -0.1) is 0 Å². The summed E-state index contributed by atoms with van der Waals surface area (Å²) in [4.78, 5) is 17.5. The van der Waals surface area contributed by atoms with Crippen LogP contribution in [0.3, 0.4) is 0 Å². The van der Waals surface area contributed by atoms with Crippen LogP contribution in [0.1, 0.15) is 62.9 Å². The standard InChI is InChI=1S/C23H37N3O2/c1-18-14-25(15-19(2)28-18)16-20-8-10-21(11-9-20)22(27)24-17-23(3,4)26-12-6-5-7-13-26/h8-11,18-19H,5-7,12-17H2,1-4H3,(H,24,27). The molecule has 5 heteroatoms. The highest BCUT2D eigenvalue weighted by molar-refractivity contribution is 5.94. The molecular weight excluding hydrogens is 350 g/mol. The van der Waals surface area contributed by atoms with Crippen molar-refractivity contribution in [3.8, 4) is 0 Å². The summed E-state index contributed by atoms with van der Waals surface area (Å²) in [6, 6.07) is 8.06. The van der Waals surface area contributed by atoms with Crippen LogP contribution in [0.2, 0.25) is 0 Å². The van der Waals surface area contributed by atoms with Gasteiger partial charge >= 0.3 is 0 Å². The number of likely N-dealkylation sites (tertiary alicyclic amines) is 1. The van der Waals surface area contributed by atoms with Gasteiger partial charge in [0.25, 0.3) is 5.91 Å². The van der Waals surface area contributed by atoms with Crippen LogP contribution in [0.15, 0.2) is 24.3 Å². The fourth-order valence-corrected chi connectivity index (χ4v) is 4.44. The van der Waals surface area contributed by atoms with E-state index in [0.717, 1.165) is 38.3 Å². The molecule has 0 aromatic heterocycles. The molecule has 1 amide bonds. The highest BCUT2D eigenvalue weighted by atomic mass is 16.5. The number of hydrogen-bond acceptors (Lipinski definition) is 4. The molecule has 156 valence electrons. The van der Waals surface area contributed by atoms with Crippen molar-refractivity contribution in [3.05, 3.63) is 35.4 Å². The number of piperidine rings is 1. The van der Waals surface area contributed by atoms with Crippen molar-refractivity contribution in [1.82, 2.24) is 15.1 Å². The molecule has 1 N–H and O–H groups in total. The SMILES string of the molecule is CC1CN(Cc2ccc(C(=O)NCC(C)(C)N3CCCCC3)cc2)CC(C)O1. The minimum absolute atomic E-state index is 0.000258. The van der Waals surface area contributed by atoms with Gasteiger partial charge in [0.1, 0.15) is 0 Å². The maximum Gasteiger partial charge on any atom is 0.251 e. The highest BCUT2D eigenvalue weighted by Crippen LogP contribution is 2.20. The van der Waals surface area contributed by atoms with Crippen molar-refractivity contribution in [2.45, 2.75) is 71.2 Å². The highest BCUT2D eigenvalue weighted by Gasteiger charge is 2.28. The number of nitrogens with one attached hydrogen (secondary N) is 1. The van der Waals surface area contributed by atoms with Crippen molar-refractivity contribution in [3.63, 3.8) is 0 Å². The van der Waals surface area contributed by atoms with Crippen molar-refractivity contribution < 1.29 is 9.53 Å². The van der Waals surface area contributed by atoms with Gasteiger partial charge in [-0.1, -0.05) is 18.6 Å². The number of nitrogens with zero attached hydrogens (tertiary/aromatic N) is 2. The predicted molar refractivity (Wildman–Crippen MR) is 114 cm³/mol. The summed E-state index contributed by atoms with van der Waals surface area (Å²) >= 11 is 0. The Balaban J connectivity index is 1.50. The quantitative estimate of drug-likeness (QED) is 0.814. The average molecular weight is 388 g/mol. The molecule has 1 aromatic rings. The van der Waals surface area contributed by atoms with Gasteiger partial charge in [-0.05, 0) is 71.3 Å². The molecule has 0 radical (unpaired) electrons. The van der Waals surface area contributed by atoms with Crippen LogP contribution in [0.25, 0.3) is 0 Å². The van der Waals surface area contributed by atoms with E-state index >= 15 is 0 Å². The van der Waals surface area contributed by atoms with Gasteiger partial charge in [0, 0.05) is 37.3 Å². The number of carbonyl (C=O) groups excluding carboxylic acids is 1. The third-order valence-corrected chi connectivity index (χ3v) is 6.01. The molecule has 2 fully saturated rings. The summed E-state index contributed by atoms with van der Waals surface area (Å²) in [6.07, 6.45) is 4.40. The van der Waals surface area contributed by atoms with Gasteiger partial charge < -0.3 is 10.1 Å². The molecule has 0 bridgehead atoms. The van der Waals surface area contributed by atoms with Gasteiger partial charge in [0.15, 0.2) is 0 Å². The number of ether oxygens (including phenoxy) is 1. The zero-order valence-corrected chi connectivity index (χ0v) is 18.0. The second-order valence-corrected chi connectivity index (χ2v) is 9.19. The van der Waals surface area contributed by atoms with E-state index in [0.29, 0.717) is 6.54 Å². The number of carbonyl (C=O) groups is 1. The van der Waals surface area contributed by atoms with Crippen molar-refractivity contribution in [2.75, 3.05) is 32.7 Å². The number of amides is 1. The molecule has 2 aliphatic heterocycles. The number of rotatable bonds is 6. The largest absolute Gasteiger partial charge is 0.373 e. The number of morpholine rings is 1. The number of hydrogen-bond donors (Lipinski definition) is 1. The lowest BCUT2D eigenvalue weighted by Gasteiger charge is -2.41. The maximum atomic E-state index is 12.6. The summed E-state index contributed by atoms with van der Waals surface area (Å²) in [7, 11) is 0. The topological polar surface area (TPSA) is 44.8 Å². The Morgan fingerprint density at radius 1 is 1.07 bits per heavy atom. The van der Waals surface area contributed by atoms with Gasteiger partial charge in [-0.25, -0.2) is 0 Å². The molecule has 0 saturated carbocycles. The van der Waals surface area contributed by atoms with Crippen LogP contribution < -0.4 is 5.32 Å². The lowest BCUT2D eigenvalue weighted by atomic mass is 9.98. The van der Waals surface area contributed by atoms with Gasteiger partial charge in [0.2, 0.25) is 0 Å². The molecular formula is C23H37N3O2. The summed E-state index contributed by atoms with van der Waals surface area (Å²) in [5, 5.41) is 3.14. The molecule has 5 nitrogen and oxygen atoms in total. The minimum atomic E-state index is -0.000258. The minimum Gasteiger partial charge on any atom is -0.373 e. The fourth-order valence-electron chi connectivity index (χ4n) is 4.44. The zero-order chi connectivity index (χ0) is 20.1. The summed E-state index contributed by atoms with van der Waals surface area (Å²) in [5.41, 5.74) is 1.98. The molecule has 3 rings (SSSR count). The van der Waals surface area contributed by atoms with Crippen molar-refractivity contribution in [2.24, 2.45) is 0 Å². The molecule has 1 aromatic carbocycles. The average Bonchev–Trinajstić information content (AvgIpc) is 2.67. The lowest BCUT2D eigenvalue weighted by Crippen LogP contribution is -2.53. The Morgan fingerprint density at radius 3 is 2.29 bits per heavy atom. The van der Waals surface area contributed by atoms with E-state index in [1.54, 1.807) is 0 Å². The predicted octanol–water partition coefficient (Wildman–Crippen LogP) is 3.29. The van der Waals surface area contributed by atoms with Crippen LogP contribution in [0.5, 0.6) is 0 Å². The smallest absolute Gasteiger partial charge is 0.251 e. The van der Waals surface area contributed by atoms with E-state index in [9.17, 15) is 4.79 Å². The first-order chi connectivity index (χ1) is 13.3. The van der Waals surface area contributed by atoms with E-state index in [1.165, 1.54) is 24.8 Å². The normalized spacial score (nSPS) is 24.9. The monoisotopic (exact) mass is 387 g/mol. The van der Waals surface area contributed by atoms with Gasteiger partial charge in [-0.2, -0.15) is 0 Å². The Kier molecular flexibility index (Phi) is 7.13. The summed E-state index contributed by atoms with van der Waals surface area (Å²) in [6.45, 7) is 14.5. The Morgan fingerprint density at radius 2 is 1.68 bits per heavy atom. The van der Waals surface area contributed by atoms with E-state index in [-0.39, 0.29) is 23.7 Å². The molecule has 2 unspecified atom stereocenters. The first-order valence-corrected chi connectivity index (χ1v) is 10.8. The van der Waals surface area contributed by atoms with Gasteiger partial charge in [-0.3, -0.25) is 14.6 Å². The number of benzene rings is 1. The zero-order valence-electron chi connectivity index (χ0n) is 18.0. The van der Waals surface area contributed by atoms with E-state index in [1.807, 2.05) is 12.1 Å². The first-order valence-electron chi connectivity index (χ1n) is 10.8. The second kappa shape index (κ2) is 9.38. The molecule has 2 saturated heterocycles. The Hall–Kier alpha value is -1.43. The van der Waals surface area contributed by atoms with E-state index < -0.39 is 0 Å². The molecule has 2 heterocycles. The third-order valence-electron chi connectivity index (χ3n) is 6.01. The summed E-state index contributed by atoms with van der Waals surface area (Å²) in [5.74, 6) is 0.0188. The second-order valence-electron chi connectivity index (χ2n) is 9.19. The van der Waals surface area contributed by atoms with Crippen LogP contribution in [0.4, 0.5) is 0 Å². The summed E-state index contributed by atoms with van der Waals surface area (Å²) < 4.78 is 5.80. The third kappa shape index (κ3) is 5.79. The lowest BCUT2D eigenvalue weighted by molar-refractivity contribution is -0.0704. The molecule has 2 aliphatic rings. The van der Waals surface area contributed by atoms with Crippen LogP contribution in [-0.2, 0) is 11.3 Å².